The Kier molecular flexibility index (Phi) is 4.74. The summed E-state index contributed by atoms with van der Waals surface area (Å²) in [5.74, 6) is 0.542. The van der Waals surface area contributed by atoms with Gasteiger partial charge in [0.15, 0.2) is 0 Å². The van der Waals surface area contributed by atoms with Crippen molar-refractivity contribution >= 4 is 5.91 Å². The average Bonchev–Trinajstić information content (AvgIpc) is 2.44. The first kappa shape index (κ1) is 13.5. The fraction of sp³-hybridized carbons (Fsp3) is 0.917. The van der Waals surface area contributed by atoms with Gasteiger partial charge in [0, 0.05) is 6.54 Å². The SMILES string of the molecule is CC(C)OCCN1C(=O)C(C(C)C)NC1C. The maximum atomic E-state index is 12.0. The highest BCUT2D eigenvalue weighted by atomic mass is 16.5. The molecule has 1 saturated heterocycles. The second-order valence-electron chi connectivity index (χ2n) is 5.02. The monoisotopic (exact) mass is 228 g/mol. The van der Waals surface area contributed by atoms with Crippen LogP contribution in [0.25, 0.3) is 0 Å². The molecule has 1 amide bonds. The summed E-state index contributed by atoms with van der Waals surface area (Å²) in [7, 11) is 0. The molecule has 0 bridgehead atoms. The normalized spacial score (nSPS) is 26.2. The van der Waals surface area contributed by atoms with Crippen LogP contribution in [0.3, 0.4) is 0 Å². The van der Waals surface area contributed by atoms with Gasteiger partial charge < -0.3 is 9.64 Å². The molecular formula is C12H24N2O2. The van der Waals surface area contributed by atoms with E-state index in [-0.39, 0.29) is 24.2 Å². The van der Waals surface area contributed by atoms with Gasteiger partial charge in [0.1, 0.15) is 0 Å². The van der Waals surface area contributed by atoms with Gasteiger partial charge in [0.2, 0.25) is 5.91 Å². The zero-order valence-corrected chi connectivity index (χ0v) is 11.0. The van der Waals surface area contributed by atoms with Crippen LogP contribution in [0.1, 0.15) is 34.6 Å². The van der Waals surface area contributed by atoms with Gasteiger partial charge in [-0.1, -0.05) is 13.8 Å². The molecule has 1 N–H and O–H groups in total. The van der Waals surface area contributed by atoms with Gasteiger partial charge in [-0.05, 0) is 26.7 Å². The number of hydrogen-bond acceptors (Lipinski definition) is 3. The van der Waals surface area contributed by atoms with Crippen LogP contribution < -0.4 is 5.32 Å². The van der Waals surface area contributed by atoms with E-state index >= 15 is 0 Å². The topological polar surface area (TPSA) is 41.6 Å². The van der Waals surface area contributed by atoms with Gasteiger partial charge in [-0.25, -0.2) is 0 Å². The van der Waals surface area contributed by atoms with Crippen LogP contribution in [0, 0.1) is 5.92 Å². The molecule has 1 rings (SSSR count). The molecule has 0 radical (unpaired) electrons. The summed E-state index contributed by atoms with van der Waals surface area (Å²) < 4.78 is 5.47. The van der Waals surface area contributed by atoms with Crippen molar-refractivity contribution in [2.75, 3.05) is 13.2 Å². The van der Waals surface area contributed by atoms with Crippen LogP contribution in [0.15, 0.2) is 0 Å². The van der Waals surface area contributed by atoms with E-state index < -0.39 is 0 Å². The number of carbonyl (C=O) groups is 1. The number of carbonyl (C=O) groups excluding carboxylic acids is 1. The minimum absolute atomic E-state index is 0.0333. The van der Waals surface area contributed by atoms with Crippen molar-refractivity contribution in [3.8, 4) is 0 Å². The third-order valence-electron chi connectivity index (χ3n) is 2.89. The number of ether oxygens (including phenoxy) is 1. The van der Waals surface area contributed by atoms with Crippen molar-refractivity contribution in [3.63, 3.8) is 0 Å². The minimum Gasteiger partial charge on any atom is -0.377 e. The molecule has 2 atom stereocenters. The van der Waals surface area contributed by atoms with Crippen molar-refractivity contribution in [1.82, 2.24) is 10.2 Å². The predicted molar refractivity (Wildman–Crippen MR) is 64.0 cm³/mol. The van der Waals surface area contributed by atoms with E-state index in [2.05, 4.69) is 19.2 Å². The molecular weight excluding hydrogens is 204 g/mol. The lowest BCUT2D eigenvalue weighted by atomic mass is 10.1. The van der Waals surface area contributed by atoms with Gasteiger partial charge in [0.05, 0.1) is 24.9 Å². The lowest BCUT2D eigenvalue weighted by Crippen LogP contribution is -2.37. The smallest absolute Gasteiger partial charge is 0.241 e. The summed E-state index contributed by atoms with van der Waals surface area (Å²) in [6, 6.07) is -0.0333. The average molecular weight is 228 g/mol. The summed E-state index contributed by atoms with van der Waals surface area (Å²) >= 11 is 0. The van der Waals surface area contributed by atoms with Gasteiger partial charge >= 0.3 is 0 Å². The highest BCUT2D eigenvalue weighted by Crippen LogP contribution is 2.16. The number of nitrogens with one attached hydrogen (secondary N) is 1. The van der Waals surface area contributed by atoms with Crippen LogP contribution >= 0.6 is 0 Å². The molecule has 0 aromatic carbocycles. The van der Waals surface area contributed by atoms with Crippen molar-refractivity contribution in [1.29, 1.82) is 0 Å². The van der Waals surface area contributed by atoms with E-state index in [1.54, 1.807) is 0 Å². The Balaban J connectivity index is 2.45. The van der Waals surface area contributed by atoms with Gasteiger partial charge in [-0.15, -0.1) is 0 Å². The van der Waals surface area contributed by atoms with E-state index in [1.165, 1.54) is 0 Å². The first-order valence-corrected chi connectivity index (χ1v) is 6.11. The zero-order valence-electron chi connectivity index (χ0n) is 11.0. The largest absolute Gasteiger partial charge is 0.377 e. The molecule has 0 aliphatic carbocycles. The van der Waals surface area contributed by atoms with Crippen LogP contribution in [0.4, 0.5) is 0 Å². The van der Waals surface area contributed by atoms with Crippen molar-refractivity contribution in [2.24, 2.45) is 5.92 Å². The van der Waals surface area contributed by atoms with E-state index in [1.807, 2.05) is 25.7 Å². The standard InChI is InChI=1S/C12H24N2O2/c1-8(2)11-12(15)14(10(5)13-11)6-7-16-9(3)4/h8-11,13H,6-7H2,1-5H3. The molecule has 1 aliphatic heterocycles. The second-order valence-corrected chi connectivity index (χ2v) is 5.02. The van der Waals surface area contributed by atoms with Gasteiger partial charge in [-0.2, -0.15) is 0 Å². The molecule has 0 saturated carbocycles. The molecule has 4 nitrogen and oxygen atoms in total. The lowest BCUT2D eigenvalue weighted by molar-refractivity contribution is -0.131. The highest BCUT2D eigenvalue weighted by molar-refractivity contribution is 5.84. The number of rotatable bonds is 5. The van der Waals surface area contributed by atoms with Gasteiger partial charge in [0.25, 0.3) is 0 Å². The summed E-state index contributed by atoms with van der Waals surface area (Å²) in [6.45, 7) is 11.5. The van der Waals surface area contributed by atoms with Crippen LogP contribution in [-0.2, 0) is 9.53 Å². The van der Waals surface area contributed by atoms with E-state index in [0.717, 1.165) is 0 Å². The summed E-state index contributed by atoms with van der Waals surface area (Å²) in [5.41, 5.74) is 0. The summed E-state index contributed by atoms with van der Waals surface area (Å²) in [6.07, 6.45) is 0.345. The Labute approximate surface area is 98.3 Å². The minimum atomic E-state index is -0.0333. The maximum absolute atomic E-state index is 12.0. The molecule has 0 spiro atoms. The Morgan fingerprint density at radius 1 is 1.38 bits per heavy atom. The zero-order chi connectivity index (χ0) is 12.3. The molecule has 2 unspecified atom stereocenters. The van der Waals surface area contributed by atoms with E-state index in [0.29, 0.717) is 19.1 Å². The third-order valence-corrected chi connectivity index (χ3v) is 2.89. The van der Waals surface area contributed by atoms with Crippen LogP contribution in [0.2, 0.25) is 0 Å². The molecule has 0 aromatic rings. The summed E-state index contributed by atoms with van der Waals surface area (Å²) in [5, 5.41) is 3.31. The number of hydrogen-bond donors (Lipinski definition) is 1. The Morgan fingerprint density at radius 2 is 2.00 bits per heavy atom. The fourth-order valence-corrected chi connectivity index (χ4v) is 1.96. The molecule has 0 aromatic heterocycles. The molecule has 16 heavy (non-hydrogen) atoms. The quantitative estimate of drug-likeness (QED) is 0.769. The van der Waals surface area contributed by atoms with E-state index in [4.69, 9.17) is 4.74 Å². The molecule has 1 fully saturated rings. The molecule has 94 valence electrons. The van der Waals surface area contributed by atoms with Gasteiger partial charge in [-0.3, -0.25) is 10.1 Å². The van der Waals surface area contributed by atoms with Crippen molar-refractivity contribution in [2.45, 2.75) is 52.9 Å². The fourth-order valence-electron chi connectivity index (χ4n) is 1.96. The first-order chi connectivity index (χ1) is 7.43. The molecule has 4 heteroatoms. The van der Waals surface area contributed by atoms with E-state index in [9.17, 15) is 4.79 Å². The maximum Gasteiger partial charge on any atom is 0.241 e. The first-order valence-electron chi connectivity index (χ1n) is 6.11. The van der Waals surface area contributed by atoms with Crippen LogP contribution in [-0.4, -0.2) is 42.3 Å². The third kappa shape index (κ3) is 3.19. The Hall–Kier alpha value is -0.610. The molecule has 1 heterocycles. The predicted octanol–water partition coefficient (Wildman–Crippen LogP) is 1.21. The Morgan fingerprint density at radius 3 is 2.44 bits per heavy atom. The summed E-state index contributed by atoms with van der Waals surface area (Å²) in [4.78, 5) is 13.9. The number of amides is 1. The van der Waals surface area contributed by atoms with Crippen molar-refractivity contribution in [3.05, 3.63) is 0 Å². The van der Waals surface area contributed by atoms with Crippen LogP contribution in [0.5, 0.6) is 0 Å². The van der Waals surface area contributed by atoms with Crippen molar-refractivity contribution < 1.29 is 9.53 Å². The second kappa shape index (κ2) is 5.64. The molecule has 1 aliphatic rings. The highest BCUT2D eigenvalue weighted by Gasteiger charge is 2.37. The Bertz CT molecular complexity index is 241. The lowest BCUT2D eigenvalue weighted by Gasteiger charge is -2.21. The number of nitrogens with zero attached hydrogens (tertiary/aromatic N) is 1.